The van der Waals surface area contributed by atoms with E-state index < -0.39 is 5.25 Å². The summed E-state index contributed by atoms with van der Waals surface area (Å²) < 4.78 is 11.5. The van der Waals surface area contributed by atoms with Crippen LogP contribution in [0.25, 0.3) is 11.6 Å². The van der Waals surface area contributed by atoms with Gasteiger partial charge in [-0.25, -0.2) is 0 Å². The molecule has 2 aliphatic rings. The van der Waals surface area contributed by atoms with Crippen molar-refractivity contribution in [3.63, 3.8) is 0 Å². The molecule has 0 aromatic heterocycles. The molecule has 200 valence electrons. The number of amides is 3. The SMILES string of the molecule is Cc1cc(C)cc(/C=C(\C(=O)N2CCOCC2)c2ccc(Oc3cccc(CC4SC(=O)NC4=O)c3)cc2)c1. The molecule has 7 nitrogen and oxygen atoms in total. The van der Waals surface area contributed by atoms with E-state index in [1.54, 1.807) is 0 Å². The third kappa shape index (κ3) is 6.77. The van der Waals surface area contributed by atoms with Gasteiger partial charge in [0.2, 0.25) is 5.91 Å². The van der Waals surface area contributed by atoms with Crippen molar-refractivity contribution in [2.45, 2.75) is 25.5 Å². The molecule has 0 aliphatic carbocycles. The summed E-state index contributed by atoms with van der Waals surface area (Å²) >= 11 is 1.01. The molecular weight excluding hydrogens is 512 g/mol. The van der Waals surface area contributed by atoms with Crippen LogP contribution in [0.3, 0.4) is 0 Å². The number of aryl methyl sites for hydroxylation is 2. The first-order chi connectivity index (χ1) is 18.8. The standard InChI is InChI=1S/C31H30N2O5S/c1-20-14-21(2)16-23(15-20)18-27(30(35)33-10-12-37-13-11-33)24-6-8-25(9-7-24)38-26-5-3-4-22(17-26)19-28-29(34)32-31(36)39-28/h3-9,14-18,28H,10-13,19H2,1-2H3,(H,32,34,36)/b27-18-. The van der Waals surface area contributed by atoms with Gasteiger partial charge in [0, 0.05) is 18.7 Å². The lowest BCUT2D eigenvalue weighted by molar-refractivity contribution is -0.128. The molecule has 3 amide bonds. The lowest BCUT2D eigenvalue weighted by Gasteiger charge is -2.28. The maximum Gasteiger partial charge on any atom is 0.286 e. The van der Waals surface area contributed by atoms with Gasteiger partial charge >= 0.3 is 0 Å². The van der Waals surface area contributed by atoms with Gasteiger partial charge in [0.1, 0.15) is 11.5 Å². The van der Waals surface area contributed by atoms with E-state index in [1.807, 2.05) is 59.5 Å². The Hall–Kier alpha value is -3.88. The van der Waals surface area contributed by atoms with Crippen molar-refractivity contribution >= 4 is 40.5 Å². The summed E-state index contributed by atoms with van der Waals surface area (Å²) in [6, 6.07) is 21.3. The molecule has 3 aromatic carbocycles. The van der Waals surface area contributed by atoms with E-state index >= 15 is 0 Å². The van der Waals surface area contributed by atoms with Crippen molar-refractivity contribution in [3.8, 4) is 11.5 Å². The van der Waals surface area contributed by atoms with Crippen molar-refractivity contribution in [1.82, 2.24) is 10.2 Å². The second kappa shape index (κ2) is 11.9. The van der Waals surface area contributed by atoms with E-state index in [4.69, 9.17) is 9.47 Å². The second-order valence-corrected chi connectivity index (χ2v) is 10.9. The van der Waals surface area contributed by atoms with E-state index in [1.165, 1.54) is 0 Å². The fourth-order valence-electron chi connectivity index (χ4n) is 4.78. The van der Waals surface area contributed by atoms with Crippen molar-refractivity contribution < 1.29 is 23.9 Å². The van der Waals surface area contributed by atoms with Crippen molar-refractivity contribution in [2.75, 3.05) is 26.3 Å². The summed E-state index contributed by atoms with van der Waals surface area (Å²) in [6.45, 7) is 6.31. The highest BCUT2D eigenvalue weighted by Gasteiger charge is 2.31. The summed E-state index contributed by atoms with van der Waals surface area (Å²) in [5.41, 5.74) is 5.60. The van der Waals surface area contributed by atoms with E-state index in [9.17, 15) is 14.4 Å². The zero-order valence-electron chi connectivity index (χ0n) is 21.9. The van der Waals surface area contributed by atoms with Gasteiger partial charge in [0.15, 0.2) is 0 Å². The Labute approximate surface area is 232 Å². The molecule has 39 heavy (non-hydrogen) atoms. The molecule has 1 atom stereocenters. The number of hydrogen-bond acceptors (Lipinski definition) is 6. The first-order valence-corrected chi connectivity index (χ1v) is 13.8. The number of thioether (sulfide) groups is 1. The van der Waals surface area contributed by atoms with Gasteiger partial charge in [0.25, 0.3) is 11.1 Å². The number of nitrogens with zero attached hydrogens (tertiary/aromatic N) is 1. The predicted octanol–water partition coefficient (Wildman–Crippen LogP) is 5.39. The fraction of sp³-hybridized carbons (Fsp3) is 0.258. The molecular formula is C31H30N2O5S. The highest BCUT2D eigenvalue weighted by atomic mass is 32.2. The van der Waals surface area contributed by atoms with E-state index in [0.29, 0.717) is 49.8 Å². The van der Waals surface area contributed by atoms with Gasteiger partial charge < -0.3 is 14.4 Å². The first kappa shape index (κ1) is 26.7. The van der Waals surface area contributed by atoms with E-state index in [-0.39, 0.29) is 17.1 Å². The Bertz CT molecular complexity index is 1410. The van der Waals surface area contributed by atoms with Crippen LogP contribution in [0.5, 0.6) is 11.5 Å². The fourth-order valence-corrected chi connectivity index (χ4v) is 5.64. The van der Waals surface area contributed by atoms with Gasteiger partial charge in [-0.3, -0.25) is 19.7 Å². The average molecular weight is 543 g/mol. The number of imide groups is 1. The minimum atomic E-state index is -0.432. The molecule has 5 rings (SSSR count). The van der Waals surface area contributed by atoms with Crippen LogP contribution in [0.4, 0.5) is 4.79 Å². The Kier molecular flexibility index (Phi) is 8.14. The van der Waals surface area contributed by atoms with Gasteiger partial charge in [0.05, 0.1) is 18.5 Å². The lowest BCUT2D eigenvalue weighted by atomic mass is 9.99. The monoisotopic (exact) mass is 542 g/mol. The van der Waals surface area contributed by atoms with Crippen LogP contribution < -0.4 is 10.1 Å². The smallest absolute Gasteiger partial charge is 0.286 e. The normalized spacial score (nSPS) is 17.7. The number of rotatable bonds is 7. The third-order valence-electron chi connectivity index (χ3n) is 6.57. The molecule has 1 unspecified atom stereocenters. The number of carbonyl (C=O) groups is 3. The number of nitrogens with one attached hydrogen (secondary N) is 1. The summed E-state index contributed by atoms with van der Waals surface area (Å²) in [6.07, 6.45) is 2.40. The number of hydrogen-bond donors (Lipinski definition) is 1. The van der Waals surface area contributed by atoms with Crippen LogP contribution in [-0.4, -0.2) is 53.5 Å². The molecule has 0 spiro atoms. The highest BCUT2D eigenvalue weighted by Crippen LogP contribution is 2.29. The highest BCUT2D eigenvalue weighted by molar-refractivity contribution is 8.15. The van der Waals surface area contributed by atoms with Crippen LogP contribution in [0.1, 0.15) is 27.8 Å². The zero-order valence-corrected chi connectivity index (χ0v) is 22.8. The number of ether oxygens (including phenoxy) is 2. The number of morpholine rings is 1. The minimum absolute atomic E-state index is 0.0221. The maximum atomic E-state index is 13.6. The van der Waals surface area contributed by atoms with Gasteiger partial charge in [-0.2, -0.15) is 0 Å². The summed E-state index contributed by atoms with van der Waals surface area (Å²) in [5.74, 6) is 0.975. The quantitative estimate of drug-likeness (QED) is 0.318. The topological polar surface area (TPSA) is 84.9 Å². The Morgan fingerprint density at radius 3 is 2.38 bits per heavy atom. The lowest BCUT2D eigenvalue weighted by Crippen LogP contribution is -2.41. The molecule has 2 fully saturated rings. The molecule has 0 radical (unpaired) electrons. The molecule has 3 aromatic rings. The molecule has 0 saturated carbocycles. The summed E-state index contributed by atoms with van der Waals surface area (Å²) in [5, 5.41) is 1.58. The number of carbonyl (C=O) groups excluding carboxylic acids is 3. The molecule has 8 heteroatoms. The Balaban J connectivity index is 1.36. The molecule has 0 bridgehead atoms. The van der Waals surface area contributed by atoms with Crippen LogP contribution in [-0.2, 0) is 20.7 Å². The average Bonchev–Trinajstić information content (AvgIpc) is 3.23. The second-order valence-electron chi connectivity index (χ2n) is 9.74. The Morgan fingerprint density at radius 2 is 1.72 bits per heavy atom. The minimum Gasteiger partial charge on any atom is -0.457 e. The van der Waals surface area contributed by atoms with Crippen LogP contribution in [0, 0.1) is 13.8 Å². The van der Waals surface area contributed by atoms with Crippen LogP contribution >= 0.6 is 11.8 Å². The van der Waals surface area contributed by atoms with E-state index in [0.717, 1.165) is 39.6 Å². The van der Waals surface area contributed by atoms with Crippen molar-refractivity contribution in [1.29, 1.82) is 0 Å². The summed E-state index contributed by atoms with van der Waals surface area (Å²) in [7, 11) is 0. The molecule has 2 saturated heterocycles. The van der Waals surface area contributed by atoms with Crippen LogP contribution in [0.15, 0.2) is 66.7 Å². The zero-order chi connectivity index (χ0) is 27.4. The molecule has 2 heterocycles. The van der Waals surface area contributed by atoms with Crippen molar-refractivity contribution in [3.05, 3.63) is 94.5 Å². The van der Waals surface area contributed by atoms with Gasteiger partial charge in [-0.15, -0.1) is 0 Å². The molecule has 1 N–H and O–H groups in total. The summed E-state index contributed by atoms with van der Waals surface area (Å²) in [4.78, 5) is 38.8. The predicted molar refractivity (Wildman–Crippen MR) is 153 cm³/mol. The maximum absolute atomic E-state index is 13.6. The third-order valence-corrected chi connectivity index (χ3v) is 7.55. The Morgan fingerprint density at radius 1 is 1.00 bits per heavy atom. The van der Waals surface area contributed by atoms with Crippen molar-refractivity contribution in [2.24, 2.45) is 0 Å². The van der Waals surface area contributed by atoms with Gasteiger partial charge in [-0.05, 0) is 67.3 Å². The first-order valence-electron chi connectivity index (χ1n) is 12.9. The largest absolute Gasteiger partial charge is 0.457 e. The van der Waals surface area contributed by atoms with Gasteiger partial charge in [-0.1, -0.05) is 65.4 Å². The molecule has 2 aliphatic heterocycles. The van der Waals surface area contributed by atoms with Crippen LogP contribution in [0.2, 0.25) is 0 Å². The number of benzene rings is 3. The van der Waals surface area contributed by atoms with E-state index in [2.05, 4.69) is 37.4 Å².